The van der Waals surface area contributed by atoms with E-state index in [2.05, 4.69) is 15.1 Å². The molecule has 0 unspecified atom stereocenters. The maximum Gasteiger partial charge on any atom is 0.341 e. The van der Waals surface area contributed by atoms with E-state index in [0.29, 0.717) is 16.8 Å². The molecule has 0 amide bonds. The molecule has 116 valence electrons. The molecule has 0 N–H and O–H groups in total. The Morgan fingerprint density at radius 1 is 1.19 bits per heavy atom. The van der Waals surface area contributed by atoms with Gasteiger partial charge in [0, 0.05) is 13.1 Å². The quantitative estimate of drug-likeness (QED) is 0.784. The van der Waals surface area contributed by atoms with Gasteiger partial charge in [0.25, 0.3) is 0 Å². The largest absolute Gasteiger partial charge is 0.465 e. The van der Waals surface area contributed by atoms with E-state index in [1.807, 2.05) is 20.8 Å². The molecule has 0 atom stereocenters. The number of nitrogens with zero attached hydrogens (tertiary/aromatic N) is 3. The number of hydrogen-bond donors (Lipinski definition) is 0. The fourth-order valence-electron chi connectivity index (χ4n) is 2.85. The van der Waals surface area contributed by atoms with Crippen molar-refractivity contribution in [2.45, 2.75) is 46.5 Å². The first-order chi connectivity index (χ1) is 10.1. The zero-order valence-corrected chi connectivity index (χ0v) is 13.5. The number of ether oxygens (including phenoxy) is 1. The third-order valence-corrected chi connectivity index (χ3v) is 4.38. The highest BCUT2D eigenvalue weighted by molar-refractivity contribution is 5.94. The maximum absolute atomic E-state index is 11.9. The van der Waals surface area contributed by atoms with Crippen LogP contribution in [0, 0.1) is 12.3 Å². The molecular formula is C16H25N3O2. The molecule has 1 saturated carbocycles. The summed E-state index contributed by atoms with van der Waals surface area (Å²) in [6.45, 7) is 7.75. The topological polar surface area (TPSA) is 55.3 Å². The van der Waals surface area contributed by atoms with Crippen molar-refractivity contribution in [1.29, 1.82) is 0 Å². The number of esters is 1. The van der Waals surface area contributed by atoms with Crippen molar-refractivity contribution in [1.82, 2.24) is 10.2 Å². The average molecular weight is 291 g/mol. The lowest BCUT2D eigenvalue weighted by molar-refractivity contribution is 0.0600. The van der Waals surface area contributed by atoms with E-state index in [1.165, 1.54) is 32.8 Å². The van der Waals surface area contributed by atoms with Crippen molar-refractivity contribution in [3.8, 4) is 0 Å². The molecule has 0 aromatic carbocycles. The summed E-state index contributed by atoms with van der Waals surface area (Å²) in [4.78, 5) is 14.0. The fraction of sp³-hybridized carbons (Fsp3) is 0.688. The first-order valence-electron chi connectivity index (χ1n) is 7.81. The van der Waals surface area contributed by atoms with E-state index >= 15 is 0 Å². The van der Waals surface area contributed by atoms with Crippen LogP contribution in [0.2, 0.25) is 0 Å². The zero-order valence-electron chi connectivity index (χ0n) is 13.5. The first-order valence-corrected chi connectivity index (χ1v) is 7.81. The number of piperidine rings is 1. The SMILES string of the molecule is CC.COC(=O)c1cc(C)nnc1N1CCC2(CC1)CC2. The number of anilines is 1. The van der Waals surface area contributed by atoms with Gasteiger partial charge in [-0.2, -0.15) is 5.10 Å². The number of carbonyl (C=O) groups excluding carboxylic acids is 1. The summed E-state index contributed by atoms with van der Waals surface area (Å²) >= 11 is 0. The number of rotatable bonds is 2. The minimum atomic E-state index is -0.334. The van der Waals surface area contributed by atoms with Crippen LogP contribution in [0.4, 0.5) is 5.82 Å². The van der Waals surface area contributed by atoms with E-state index in [9.17, 15) is 4.79 Å². The Balaban J connectivity index is 0.000000774. The van der Waals surface area contributed by atoms with Gasteiger partial charge in [-0.15, -0.1) is 5.10 Å². The van der Waals surface area contributed by atoms with Crippen LogP contribution in [-0.2, 0) is 4.74 Å². The Kier molecular flexibility index (Phi) is 4.80. The zero-order chi connectivity index (χ0) is 15.5. The summed E-state index contributed by atoms with van der Waals surface area (Å²) in [6.07, 6.45) is 5.13. The Morgan fingerprint density at radius 2 is 1.81 bits per heavy atom. The first kappa shape index (κ1) is 15.7. The molecular weight excluding hydrogens is 266 g/mol. The number of hydrogen-bond acceptors (Lipinski definition) is 5. The third kappa shape index (κ3) is 3.34. The molecule has 5 nitrogen and oxygen atoms in total. The van der Waals surface area contributed by atoms with Crippen LogP contribution in [0.25, 0.3) is 0 Å². The van der Waals surface area contributed by atoms with Crippen molar-refractivity contribution in [2.75, 3.05) is 25.1 Å². The van der Waals surface area contributed by atoms with Crippen LogP contribution in [0.1, 0.15) is 55.6 Å². The highest BCUT2D eigenvalue weighted by atomic mass is 16.5. The Hall–Kier alpha value is -1.65. The molecule has 1 aliphatic heterocycles. The standard InChI is InChI=1S/C14H19N3O2.C2H6/c1-10-9-11(13(18)19-2)12(16-15-10)17-7-5-14(3-4-14)6-8-17;1-2/h9H,3-8H2,1-2H3;1-2H3. The summed E-state index contributed by atoms with van der Waals surface area (Å²) in [5.74, 6) is 0.340. The van der Waals surface area contributed by atoms with Gasteiger partial charge in [-0.05, 0) is 44.1 Å². The van der Waals surface area contributed by atoms with Gasteiger partial charge in [-0.1, -0.05) is 13.8 Å². The number of aryl methyl sites for hydroxylation is 1. The van der Waals surface area contributed by atoms with E-state index in [1.54, 1.807) is 6.07 Å². The third-order valence-electron chi connectivity index (χ3n) is 4.38. The summed E-state index contributed by atoms with van der Waals surface area (Å²) in [6, 6.07) is 1.76. The van der Waals surface area contributed by atoms with Crippen molar-refractivity contribution < 1.29 is 9.53 Å². The minimum absolute atomic E-state index is 0.334. The molecule has 1 aliphatic carbocycles. The van der Waals surface area contributed by atoms with Crippen LogP contribution in [0.15, 0.2) is 6.07 Å². The molecule has 0 radical (unpaired) electrons. The Labute approximate surface area is 126 Å². The smallest absolute Gasteiger partial charge is 0.341 e. The molecule has 1 saturated heterocycles. The second kappa shape index (κ2) is 6.41. The van der Waals surface area contributed by atoms with Crippen LogP contribution >= 0.6 is 0 Å². The van der Waals surface area contributed by atoms with Crippen LogP contribution in [-0.4, -0.2) is 36.4 Å². The number of methoxy groups -OCH3 is 1. The molecule has 2 fully saturated rings. The highest BCUT2D eigenvalue weighted by Crippen LogP contribution is 2.53. The van der Waals surface area contributed by atoms with E-state index in [0.717, 1.165) is 18.8 Å². The minimum Gasteiger partial charge on any atom is -0.465 e. The fourth-order valence-corrected chi connectivity index (χ4v) is 2.85. The summed E-state index contributed by atoms with van der Waals surface area (Å²) in [5, 5.41) is 8.30. The van der Waals surface area contributed by atoms with Gasteiger partial charge in [-0.25, -0.2) is 4.79 Å². The van der Waals surface area contributed by atoms with Gasteiger partial charge in [0.05, 0.1) is 12.8 Å². The summed E-state index contributed by atoms with van der Waals surface area (Å²) in [7, 11) is 1.40. The van der Waals surface area contributed by atoms with E-state index < -0.39 is 0 Å². The molecule has 1 aromatic rings. The van der Waals surface area contributed by atoms with Crippen LogP contribution < -0.4 is 4.90 Å². The lowest BCUT2D eigenvalue weighted by atomic mass is 9.93. The predicted molar refractivity (Wildman–Crippen MR) is 82.6 cm³/mol. The monoisotopic (exact) mass is 291 g/mol. The van der Waals surface area contributed by atoms with Gasteiger partial charge in [0.1, 0.15) is 5.56 Å². The van der Waals surface area contributed by atoms with Crippen molar-refractivity contribution in [3.05, 3.63) is 17.3 Å². The number of aromatic nitrogens is 2. The second-order valence-corrected chi connectivity index (χ2v) is 5.70. The molecule has 3 rings (SSSR count). The van der Waals surface area contributed by atoms with Gasteiger partial charge < -0.3 is 9.64 Å². The van der Waals surface area contributed by atoms with Crippen molar-refractivity contribution in [3.63, 3.8) is 0 Å². The normalized spacial score (nSPS) is 18.8. The molecule has 5 heteroatoms. The predicted octanol–water partition coefficient (Wildman–Crippen LogP) is 2.98. The average Bonchev–Trinajstić information content (AvgIpc) is 3.29. The van der Waals surface area contributed by atoms with Gasteiger partial charge in [0.2, 0.25) is 0 Å². The molecule has 1 aromatic heterocycles. The molecule has 21 heavy (non-hydrogen) atoms. The van der Waals surface area contributed by atoms with Gasteiger partial charge >= 0.3 is 5.97 Å². The Bertz CT molecular complexity index is 502. The van der Waals surface area contributed by atoms with Crippen molar-refractivity contribution in [2.24, 2.45) is 5.41 Å². The van der Waals surface area contributed by atoms with Crippen LogP contribution in [0.5, 0.6) is 0 Å². The molecule has 2 heterocycles. The lowest BCUT2D eigenvalue weighted by Crippen LogP contribution is -2.36. The molecule has 1 spiro atoms. The van der Waals surface area contributed by atoms with Gasteiger partial charge in [-0.3, -0.25) is 0 Å². The van der Waals surface area contributed by atoms with E-state index in [-0.39, 0.29) is 5.97 Å². The maximum atomic E-state index is 11.9. The second-order valence-electron chi connectivity index (χ2n) is 5.70. The highest BCUT2D eigenvalue weighted by Gasteiger charge is 2.44. The molecule has 2 aliphatic rings. The van der Waals surface area contributed by atoms with Crippen LogP contribution in [0.3, 0.4) is 0 Å². The van der Waals surface area contributed by atoms with Gasteiger partial charge in [0.15, 0.2) is 5.82 Å². The van der Waals surface area contributed by atoms with E-state index in [4.69, 9.17) is 4.74 Å². The summed E-state index contributed by atoms with van der Waals surface area (Å²) in [5.41, 5.74) is 1.88. The van der Waals surface area contributed by atoms with Crippen molar-refractivity contribution >= 4 is 11.8 Å². The molecule has 0 bridgehead atoms. The Morgan fingerprint density at radius 3 is 2.33 bits per heavy atom. The number of carbonyl (C=O) groups is 1. The lowest BCUT2D eigenvalue weighted by Gasteiger charge is -2.33. The summed E-state index contributed by atoms with van der Waals surface area (Å²) < 4.78 is 4.84.